The van der Waals surface area contributed by atoms with Gasteiger partial charge in [0.25, 0.3) is 5.69 Å². The number of non-ortho nitro benzene ring substituents is 1. The van der Waals surface area contributed by atoms with Crippen LogP contribution in [0, 0.1) is 10.1 Å². The number of halogens is 1. The minimum atomic E-state index is -0.379. The number of nitrogens with zero attached hydrogens (tertiary/aromatic N) is 4. The molecule has 3 rings (SSSR count). The fourth-order valence-electron chi connectivity index (χ4n) is 2.68. The fraction of sp³-hybridized carbons (Fsp3) is 0.300. The zero-order valence-corrected chi connectivity index (χ0v) is 17.7. The highest BCUT2D eigenvalue weighted by Gasteiger charge is 2.08. The molecule has 0 atom stereocenters. The highest BCUT2D eigenvalue weighted by molar-refractivity contribution is 7.09. The van der Waals surface area contributed by atoms with Gasteiger partial charge in [0.05, 0.1) is 11.5 Å². The maximum Gasteiger partial charge on any atom is 0.328 e. The molecule has 0 radical (unpaired) electrons. The van der Waals surface area contributed by atoms with Gasteiger partial charge >= 0.3 is 6.01 Å². The minimum Gasteiger partial charge on any atom is -0.463 e. The number of nitro benzene ring substituents is 1. The quantitative estimate of drug-likeness (QED) is 0.266. The summed E-state index contributed by atoms with van der Waals surface area (Å²) >= 11 is 1.34. The fourth-order valence-corrected chi connectivity index (χ4v) is 3.30. The molecule has 0 saturated heterocycles. The van der Waals surface area contributed by atoms with Crippen LogP contribution in [0.4, 0.5) is 5.69 Å². The lowest BCUT2D eigenvalue weighted by Crippen LogP contribution is -2.23. The van der Waals surface area contributed by atoms with Gasteiger partial charge < -0.3 is 9.64 Å². The van der Waals surface area contributed by atoms with Crippen LogP contribution in [0.2, 0.25) is 0 Å². The summed E-state index contributed by atoms with van der Waals surface area (Å²) in [4.78, 5) is 16.9. The van der Waals surface area contributed by atoms with Crippen LogP contribution >= 0.6 is 23.9 Å². The van der Waals surface area contributed by atoms with Crippen LogP contribution in [-0.2, 0) is 6.42 Å². The van der Waals surface area contributed by atoms with Gasteiger partial charge in [0.1, 0.15) is 5.01 Å². The Labute approximate surface area is 180 Å². The Kier molecular flexibility index (Phi) is 8.98. The third-order valence-corrected chi connectivity index (χ3v) is 5.02. The molecule has 0 aliphatic rings. The number of rotatable bonds is 10. The first-order valence-electron chi connectivity index (χ1n) is 9.05. The number of aromatic nitrogens is 2. The predicted octanol–water partition coefficient (Wildman–Crippen LogP) is 4.48. The molecule has 29 heavy (non-hydrogen) atoms. The Morgan fingerprint density at radius 2 is 1.83 bits per heavy atom. The highest BCUT2D eigenvalue weighted by atomic mass is 35.5. The average molecular weight is 435 g/mol. The first-order chi connectivity index (χ1) is 13.6. The molecule has 0 saturated carbocycles. The summed E-state index contributed by atoms with van der Waals surface area (Å²) in [6.45, 7) is 2.33. The van der Waals surface area contributed by atoms with Crippen molar-refractivity contribution in [1.29, 1.82) is 0 Å². The van der Waals surface area contributed by atoms with Crippen LogP contribution in [0.3, 0.4) is 0 Å². The van der Waals surface area contributed by atoms with E-state index in [0.717, 1.165) is 42.1 Å². The van der Waals surface area contributed by atoms with Gasteiger partial charge in [-0.05, 0) is 37.0 Å². The zero-order valence-electron chi connectivity index (χ0n) is 16.1. The normalized spacial score (nSPS) is 10.6. The molecule has 7 nitrogen and oxygen atoms in total. The van der Waals surface area contributed by atoms with Crippen molar-refractivity contribution in [2.24, 2.45) is 0 Å². The molecule has 0 aliphatic heterocycles. The summed E-state index contributed by atoms with van der Waals surface area (Å²) in [7, 11) is 2.06. The first-order valence-corrected chi connectivity index (χ1v) is 9.83. The molecule has 0 N–H and O–H groups in total. The Hall–Kier alpha value is -2.55. The average Bonchev–Trinajstić information content (AvgIpc) is 3.19. The van der Waals surface area contributed by atoms with E-state index in [1.54, 1.807) is 12.1 Å². The van der Waals surface area contributed by atoms with E-state index in [1.807, 2.05) is 42.5 Å². The summed E-state index contributed by atoms with van der Waals surface area (Å²) in [5, 5.41) is 11.5. The van der Waals surface area contributed by atoms with Crippen LogP contribution in [0.15, 0.2) is 54.6 Å². The van der Waals surface area contributed by atoms with Crippen molar-refractivity contribution in [3.8, 4) is 16.6 Å². The molecule has 0 aliphatic carbocycles. The van der Waals surface area contributed by atoms with Crippen LogP contribution in [0.1, 0.15) is 12.0 Å². The summed E-state index contributed by atoms with van der Waals surface area (Å²) in [6.07, 6.45) is 1.72. The lowest BCUT2D eigenvalue weighted by molar-refractivity contribution is -0.384. The third-order valence-electron chi connectivity index (χ3n) is 4.27. The van der Waals surface area contributed by atoms with Gasteiger partial charge in [-0.1, -0.05) is 42.5 Å². The maximum absolute atomic E-state index is 10.7. The number of ether oxygens (including phenoxy) is 1. The van der Waals surface area contributed by atoms with E-state index in [1.165, 1.54) is 11.5 Å². The second-order valence-electron chi connectivity index (χ2n) is 6.43. The van der Waals surface area contributed by atoms with E-state index in [0.29, 0.717) is 12.6 Å². The minimum absolute atomic E-state index is 0. The van der Waals surface area contributed by atoms with Gasteiger partial charge in [0.2, 0.25) is 0 Å². The van der Waals surface area contributed by atoms with E-state index in [4.69, 9.17) is 4.74 Å². The van der Waals surface area contributed by atoms with Crippen LogP contribution < -0.4 is 4.74 Å². The van der Waals surface area contributed by atoms with Gasteiger partial charge in [-0.25, -0.2) is 0 Å². The van der Waals surface area contributed by atoms with Crippen molar-refractivity contribution < 1.29 is 9.66 Å². The van der Waals surface area contributed by atoms with Gasteiger partial charge in [0.15, 0.2) is 0 Å². The van der Waals surface area contributed by atoms with E-state index >= 15 is 0 Å². The van der Waals surface area contributed by atoms with Crippen molar-refractivity contribution in [3.05, 3.63) is 70.3 Å². The SMILES string of the molecule is CN(CCCOc1nsc(-c2ccccc2)n1)CCc1ccc([N+](=O)[O-])cc1.Cl. The second kappa shape index (κ2) is 11.5. The lowest BCUT2D eigenvalue weighted by Gasteiger charge is -2.16. The Morgan fingerprint density at radius 1 is 1.10 bits per heavy atom. The molecular weight excluding hydrogens is 412 g/mol. The van der Waals surface area contributed by atoms with Crippen molar-refractivity contribution in [2.75, 3.05) is 26.7 Å². The molecular formula is C20H23ClN4O3S. The van der Waals surface area contributed by atoms with Gasteiger partial charge in [-0.3, -0.25) is 10.1 Å². The molecule has 2 aromatic carbocycles. The molecule has 154 valence electrons. The Bertz CT molecular complexity index is 890. The van der Waals surface area contributed by atoms with Crippen LogP contribution in [0.25, 0.3) is 10.6 Å². The molecule has 0 fully saturated rings. The summed E-state index contributed by atoms with van der Waals surface area (Å²) in [5.41, 5.74) is 2.26. The lowest BCUT2D eigenvalue weighted by atomic mass is 10.1. The van der Waals surface area contributed by atoms with E-state index in [-0.39, 0.29) is 23.0 Å². The third kappa shape index (κ3) is 7.08. The molecule has 3 aromatic rings. The number of benzene rings is 2. The first kappa shape index (κ1) is 22.7. The molecule has 0 amide bonds. The monoisotopic (exact) mass is 434 g/mol. The standard InChI is InChI=1S/C20H22N4O3S.ClH/c1-23(14-12-16-8-10-18(11-9-16)24(25)26)13-5-15-27-20-21-19(28-22-20)17-6-3-2-4-7-17;/h2-4,6-11H,5,12-15H2,1H3;1H. The van der Waals surface area contributed by atoms with Crippen molar-refractivity contribution in [3.63, 3.8) is 0 Å². The zero-order chi connectivity index (χ0) is 19.8. The smallest absolute Gasteiger partial charge is 0.328 e. The van der Waals surface area contributed by atoms with Gasteiger partial charge in [-0.2, -0.15) is 4.98 Å². The molecule has 0 bridgehead atoms. The van der Waals surface area contributed by atoms with Crippen molar-refractivity contribution in [1.82, 2.24) is 14.3 Å². The van der Waals surface area contributed by atoms with E-state index in [2.05, 4.69) is 21.3 Å². The molecule has 9 heteroatoms. The van der Waals surface area contributed by atoms with Crippen molar-refractivity contribution >= 4 is 29.6 Å². The number of nitro groups is 1. The number of hydrogen-bond donors (Lipinski definition) is 0. The topological polar surface area (TPSA) is 81.4 Å². The molecule has 1 heterocycles. The summed E-state index contributed by atoms with van der Waals surface area (Å²) in [6, 6.07) is 17.1. The van der Waals surface area contributed by atoms with Crippen LogP contribution in [0.5, 0.6) is 6.01 Å². The van der Waals surface area contributed by atoms with Crippen molar-refractivity contribution in [2.45, 2.75) is 12.8 Å². The highest BCUT2D eigenvalue weighted by Crippen LogP contribution is 2.23. The number of hydrogen-bond acceptors (Lipinski definition) is 7. The Balaban J connectivity index is 0.00000300. The molecule has 0 unspecified atom stereocenters. The van der Waals surface area contributed by atoms with Gasteiger partial charge in [-0.15, -0.1) is 16.8 Å². The van der Waals surface area contributed by atoms with Gasteiger partial charge in [0, 0.05) is 30.8 Å². The molecule has 0 spiro atoms. The predicted molar refractivity (Wildman–Crippen MR) is 117 cm³/mol. The number of likely N-dealkylation sites (N-methyl/N-ethyl adjacent to an activating group) is 1. The van der Waals surface area contributed by atoms with E-state index < -0.39 is 0 Å². The second-order valence-corrected chi connectivity index (χ2v) is 7.18. The Morgan fingerprint density at radius 3 is 2.52 bits per heavy atom. The summed E-state index contributed by atoms with van der Waals surface area (Å²) < 4.78 is 9.91. The van der Waals surface area contributed by atoms with E-state index in [9.17, 15) is 10.1 Å². The maximum atomic E-state index is 10.7. The molecule has 1 aromatic heterocycles. The largest absolute Gasteiger partial charge is 0.463 e. The van der Waals surface area contributed by atoms with Crippen LogP contribution in [-0.4, -0.2) is 45.9 Å². The summed E-state index contributed by atoms with van der Waals surface area (Å²) in [5.74, 6) is 0.